The van der Waals surface area contributed by atoms with Crippen LogP contribution in [0.3, 0.4) is 0 Å². The number of aromatic amines is 1. The highest BCUT2D eigenvalue weighted by atomic mass is 16.5. The molecule has 0 spiro atoms. The van der Waals surface area contributed by atoms with Gasteiger partial charge in [0.15, 0.2) is 0 Å². The van der Waals surface area contributed by atoms with Crippen LogP contribution in [0.15, 0.2) is 65.5 Å². The van der Waals surface area contributed by atoms with Crippen molar-refractivity contribution in [2.45, 2.75) is 37.9 Å². The molecule has 1 saturated heterocycles. The van der Waals surface area contributed by atoms with Crippen LogP contribution in [0.1, 0.15) is 46.5 Å². The summed E-state index contributed by atoms with van der Waals surface area (Å²) in [4.78, 5) is 18.7. The normalized spacial score (nSPS) is 23.3. The summed E-state index contributed by atoms with van der Waals surface area (Å²) in [6.07, 6.45) is 2.21. The van der Waals surface area contributed by atoms with Crippen LogP contribution in [-0.4, -0.2) is 41.2 Å². The van der Waals surface area contributed by atoms with Gasteiger partial charge >= 0.3 is 0 Å². The van der Waals surface area contributed by atoms with Gasteiger partial charge < -0.3 is 19.6 Å². The molecule has 2 N–H and O–H groups in total. The molecule has 1 fully saturated rings. The van der Waals surface area contributed by atoms with Crippen LogP contribution < -0.4 is 15.6 Å². The molecule has 7 rings (SSSR count). The minimum atomic E-state index is 0.140. The van der Waals surface area contributed by atoms with Crippen LogP contribution in [-0.2, 0) is 19.5 Å². The van der Waals surface area contributed by atoms with Gasteiger partial charge in [0, 0.05) is 72.6 Å². The number of benzene rings is 2. The lowest BCUT2D eigenvalue weighted by Crippen LogP contribution is -2.46. The molecule has 0 amide bonds. The number of ether oxygens (including phenoxy) is 1. The van der Waals surface area contributed by atoms with E-state index in [2.05, 4.69) is 63.7 Å². The summed E-state index contributed by atoms with van der Waals surface area (Å²) in [5.74, 6) is 1.87. The van der Waals surface area contributed by atoms with Gasteiger partial charge in [0.05, 0.1) is 13.2 Å². The molecular weight excluding hydrogens is 448 g/mol. The summed E-state index contributed by atoms with van der Waals surface area (Å²) in [6, 6.07) is 21.2. The maximum absolute atomic E-state index is 12.4. The van der Waals surface area contributed by atoms with Gasteiger partial charge in [0.2, 0.25) is 0 Å². The lowest BCUT2D eigenvalue weighted by Gasteiger charge is -2.43. The van der Waals surface area contributed by atoms with Crippen molar-refractivity contribution in [1.29, 1.82) is 0 Å². The Hall–Kier alpha value is -3.35. The predicted octanol–water partition coefficient (Wildman–Crippen LogP) is 4.19. The molecule has 0 saturated carbocycles. The Balaban J connectivity index is 1.19. The van der Waals surface area contributed by atoms with Gasteiger partial charge in [-0.3, -0.25) is 9.69 Å². The molecular formula is C30H32N4O2. The van der Waals surface area contributed by atoms with Crippen molar-refractivity contribution in [3.8, 4) is 5.75 Å². The molecule has 5 heterocycles. The molecule has 0 aliphatic carbocycles. The largest absolute Gasteiger partial charge is 0.496 e. The van der Waals surface area contributed by atoms with E-state index in [1.165, 1.54) is 45.4 Å². The van der Waals surface area contributed by atoms with Crippen molar-refractivity contribution in [3.63, 3.8) is 0 Å². The fraction of sp³-hybridized carbons (Fsp3) is 0.367. The number of pyridine rings is 1. The zero-order valence-electron chi connectivity index (χ0n) is 20.7. The van der Waals surface area contributed by atoms with Crippen LogP contribution in [0.2, 0.25) is 0 Å². The molecule has 3 aliphatic heterocycles. The third kappa shape index (κ3) is 3.59. The molecule has 2 aromatic carbocycles. The summed E-state index contributed by atoms with van der Waals surface area (Å²) >= 11 is 0. The molecule has 1 unspecified atom stereocenters. The van der Waals surface area contributed by atoms with E-state index in [1.54, 1.807) is 13.2 Å². The zero-order chi connectivity index (χ0) is 24.2. The number of fused-ring (bicyclic) bond motifs is 7. The number of piperidine rings is 1. The Morgan fingerprint density at radius 2 is 1.94 bits per heavy atom. The summed E-state index contributed by atoms with van der Waals surface area (Å²) in [5, 5.41) is 5.09. The number of nitrogens with zero attached hydrogens (tertiary/aromatic N) is 2. The van der Waals surface area contributed by atoms with Gasteiger partial charge in [-0.15, -0.1) is 0 Å². The Bertz CT molecular complexity index is 1500. The number of H-pyrrole nitrogens is 1. The van der Waals surface area contributed by atoms with E-state index in [0.29, 0.717) is 11.8 Å². The zero-order valence-corrected chi connectivity index (χ0v) is 20.7. The smallest absolute Gasteiger partial charge is 0.250 e. The maximum atomic E-state index is 12.4. The third-order valence-electron chi connectivity index (χ3n) is 8.45. The van der Waals surface area contributed by atoms with Crippen LogP contribution in [0.4, 0.5) is 0 Å². The van der Waals surface area contributed by atoms with E-state index in [1.807, 2.05) is 10.6 Å². The highest BCUT2D eigenvalue weighted by molar-refractivity contribution is 5.85. The number of aromatic nitrogens is 2. The molecule has 2 bridgehead atoms. The van der Waals surface area contributed by atoms with Crippen molar-refractivity contribution in [2.24, 2.45) is 5.92 Å². The Kier molecular flexibility index (Phi) is 5.26. The number of hydrogen-bond acceptors (Lipinski definition) is 4. The van der Waals surface area contributed by atoms with E-state index in [-0.39, 0.29) is 11.6 Å². The number of methoxy groups -OCH3 is 1. The topological polar surface area (TPSA) is 62.3 Å². The van der Waals surface area contributed by atoms with Gasteiger partial charge in [-0.25, -0.2) is 0 Å². The molecule has 3 atom stereocenters. The van der Waals surface area contributed by atoms with Crippen LogP contribution in [0.5, 0.6) is 5.75 Å². The van der Waals surface area contributed by atoms with Gasteiger partial charge in [0.25, 0.3) is 5.56 Å². The minimum Gasteiger partial charge on any atom is -0.496 e. The molecule has 0 radical (unpaired) electrons. The standard InChI is InChI=1S/C30H32N4O2/c1-36-27-10-9-20(29-30-24(11-12-31-29)23-5-2-3-6-25(23)32-30)14-22(27)18-33-15-19-13-21(17-33)26-7-4-8-28(35)34(26)16-19/h2-10,14,19,21,29,31-32H,11-13,15-18H2,1H3/t19-,21+,29?/m1/s1. The molecule has 4 aromatic rings. The highest BCUT2D eigenvalue weighted by Crippen LogP contribution is 2.38. The number of likely N-dealkylation sites (tertiary alicyclic amines) is 1. The van der Waals surface area contributed by atoms with Gasteiger partial charge in [-0.1, -0.05) is 30.3 Å². The van der Waals surface area contributed by atoms with E-state index in [4.69, 9.17) is 4.74 Å². The number of rotatable bonds is 4. The monoisotopic (exact) mass is 480 g/mol. The van der Waals surface area contributed by atoms with E-state index in [9.17, 15) is 4.79 Å². The fourth-order valence-electron chi connectivity index (χ4n) is 6.93. The highest BCUT2D eigenvalue weighted by Gasteiger charge is 2.35. The van der Waals surface area contributed by atoms with Gasteiger partial charge in [-0.05, 0) is 54.2 Å². The first-order valence-electron chi connectivity index (χ1n) is 13.1. The van der Waals surface area contributed by atoms with Crippen molar-refractivity contribution >= 4 is 10.9 Å². The number of nitrogens with one attached hydrogen (secondary N) is 2. The second-order valence-corrected chi connectivity index (χ2v) is 10.7. The SMILES string of the molecule is COc1ccc(C2NCCc3c2[nH]c2ccccc32)cc1CN1C[C@H]2C[C@@H](C1)c1cccc(=O)n1C2. The van der Waals surface area contributed by atoms with E-state index >= 15 is 0 Å². The van der Waals surface area contributed by atoms with E-state index < -0.39 is 0 Å². The molecule has 2 aromatic heterocycles. The van der Waals surface area contributed by atoms with Crippen molar-refractivity contribution in [3.05, 3.63) is 99.1 Å². The quantitative estimate of drug-likeness (QED) is 0.460. The summed E-state index contributed by atoms with van der Waals surface area (Å²) < 4.78 is 7.82. The molecule has 36 heavy (non-hydrogen) atoms. The van der Waals surface area contributed by atoms with E-state index in [0.717, 1.165) is 44.9 Å². The Morgan fingerprint density at radius 3 is 2.86 bits per heavy atom. The fourth-order valence-corrected chi connectivity index (χ4v) is 6.93. The molecule has 6 heteroatoms. The van der Waals surface area contributed by atoms with Crippen molar-refractivity contribution in [1.82, 2.24) is 19.8 Å². The second kappa shape index (κ2) is 8.64. The second-order valence-electron chi connectivity index (χ2n) is 10.7. The van der Waals surface area contributed by atoms with Crippen LogP contribution in [0, 0.1) is 5.92 Å². The first-order chi connectivity index (χ1) is 17.7. The predicted molar refractivity (Wildman–Crippen MR) is 142 cm³/mol. The molecule has 6 nitrogen and oxygen atoms in total. The first-order valence-corrected chi connectivity index (χ1v) is 13.1. The maximum Gasteiger partial charge on any atom is 0.250 e. The summed E-state index contributed by atoms with van der Waals surface area (Å²) in [7, 11) is 1.76. The summed E-state index contributed by atoms with van der Waals surface area (Å²) in [6.45, 7) is 4.64. The van der Waals surface area contributed by atoms with Gasteiger partial charge in [-0.2, -0.15) is 0 Å². The third-order valence-corrected chi connectivity index (χ3v) is 8.45. The number of para-hydroxylation sites is 1. The Labute approximate surface area is 210 Å². The lowest BCUT2D eigenvalue weighted by molar-refractivity contribution is 0.113. The average molecular weight is 481 g/mol. The Morgan fingerprint density at radius 1 is 1.03 bits per heavy atom. The van der Waals surface area contributed by atoms with Crippen molar-refractivity contribution < 1.29 is 4.74 Å². The molecule has 184 valence electrons. The molecule has 3 aliphatic rings. The lowest BCUT2D eigenvalue weighted by atomic mass is 9.83. The summed E-state index contributed by atoms with van der Waals surface area (Å²) in [5.41, 5.74) is 7.77. The van der Waals surface area contributed by atoms with Crippen LogP contribution >= 0.6 is 0 Å². The minimum absolute atomic E-state index is 0.140. The number of hydrogen-bond donors (Lipinski definition) is 2. The average Bonchev–Trinajstić information content (AvgIpc) is 3.28. The van der Waals surface area contributed by atoms with Crippen LogP contribution in [0.25, 0.3) is 10.9 Å². The first kappa shape index (κ1) is 21.9. The van der Waals surface area contributed by atoms with Crippen molar-refractivity contribution in [2.75, 3.05) is 26.7 Å². The van der Waals surface area contributed by atoms with Gasteiger partial charge in [0.1, 0.15) is 5.75 Å².